The van der Waals surface area contributed by atoms with Gasteiger partial charge in [-0.25, -0.2) is 4.99 Å². The summed E-state index contributed by atoms with van der Waals surface area (Å²) >= 11 is 0. The molecule has 0 saturated carbocycles. The predicted molar refractivity (Wildman–Crippen MR) is 69.6 cm³/mol. The number of rotatable bonds is 1. The van der Waals surface area contributed by atoms with Gasteiger partial charge in [0, 0.05) is 13.1 Å². The Morgan fingerprint density at radius 1 is 1.29 bits per heavy atom. The SMILES string of the molecule is Cc1cccc(N=C(N)N2CCOCC2)c1C. The van der Waals surface area contributed by atoms with Crippen molar-refractivity contribution in [3.05, 3.63) is 29.3 Å². The Hall–Kier alpha value is -1.55. The lowest BCUT2D eigenvalue weighted by Crippen LogP contribution is -2.44. The molecule has 0 unspecified atom stereocenters. The van der Waals surface area contributed by atoms with Gasteiger partial charge in [-0.2, -0.15) is 0 Å². The average Bonchev–Trinajstić information content (AvgIpc) is 2.36. The van der Waals surface area contributed by atoms with Gasteiger partial charge in [0.15, 0.2) is 5.96 Å². The second kappa shape index (κ2) is 5.19. The van der Waals surface area contributed by atoms with Crippen molar-refractivity contribution in [1.82, 2.24) is 4.90 Å². The standard InChI is InChI=1S/C13H19N3O/c1-10-4-3-5-12(11(10)2)15-13(14)16-6-8-17-9-7-16/h3-5H,6-9H2,1-2H3,(H2,14,15). The van der Waals surface area contributed by atoms with Gasteiger partial charge < -0.3 is 15.4 Å². The van der Waals surface area contributed by atoms with E-state index in [9.17, 15) is 0 Å². The van der Waals surface area contributed by atoms with Crippen LogP contribution >= 0.6 is 0 Å². The summed E-state index contributed by atoms with van der Waals surface area (Å²) < 4.78 is 5.29. The molecule has 1 aromatic rings. The van der Waals surface area contributed by atoms with Crippen LogP contribution in [0.1, 0.15) is 11.1 Å². The lowest BCUT2D eigenvalue weighted by Gasteiger charge is -2.27. The third kappa shape index (κ3) is 2.77. The fourth-order valence-corrected chi connectivity index (χ4v) is 1.84. The molecule has 0 bridgehead atoms. The number of guanidine groups is 1. The van der Waals surface area contributed by atoms with Crippen molar-refractivity contribution in [3.8, 4) is 0 Å². The van der Waals surface area contributed by atoms with Gasteiger partial charge in [0.05, 0.1) is 18.9 Å². The molecule has 4 nitrogen and oxygen atoms in total. The Bertz CT molecular complexity index is 423. The molecular weight excluding hydrogens is 214 g/mol. The van der Waals surface area contributed by atoms with Gasteiger partial charge in [-0.05, 0) is 31.0 Å². The van der Waals surface area contributed by atoms with Crippen molar-refractivity contribution in [3.63, 3.8) is 0 Å². The van der Waals surface area contributed by atoms with E-state index in [0.717, 1.165) is 32.0 Å². The van der Waals surface area contributed by atoms with Crippen LogP contribution in [-0.4, -0.2) is 37.2 Å². The van der Waals surface area contributed by atoms with Gasteiger partial charge in [0.25, 0.3) is 0 Å². The minimum atomic E-state index is 0.585. The fourth-order valence-electron chi connectivity index (χ4n) is 1.84. The Kier molecular flexibility index (Phi) is 3.64. The monoisotopic (exact) mass is 233 g/mol. The van der Waals surface area contributed by atoms with Gasteiger partial charge >= 0.3 is 0 Å². The first-order chi connectivity index (χ1) is 8.18. The summed E-state index contributed by atoms with van der Waals surface area (Å²) in [6.45, 7) is 7.24. The number of aryl methyl sites for hydroxylation is 1. The molecule has 1 aliphatic rings. The molecule has 92 valence electrons. The van der Waals surface area contributed by atoms with Crippen molar-refractivity contribution in [2.24, 2.45) is 10.7 Å². The molecule has 17 heavy (non-hydrogen) atoms. The van der Waals surface area contributed by atoms with E-state index in [1.54, 1.807) is 0 Å². The Balaban J connectivity index is 2.19. The van der Waals surface area contributed by atoms with Crippen molar-refractivity contribution < 1.29 is 4.74 Å². The van der Waals surface area contributed by atoms with Crippen LogP contribution in [-0.2, 0) is 4.74 Å². The number of nitrogens with two attached hydrogens (primary N) is 1. The summed E-state index contributed by atoms with van der Waals surface area (Å²) in [5, 5.41) is 0. The molecule has 0 aliphatic carbocycles. The number of hydrogen-bond acceptors (Lipinski definition) is 2. The van der Waals surface area contributed by atoms with Crippen molar-refractivity contribution in [2.45, 2.75) is 13.8 Å². The molecular formula is C13H19N3O. The van der Waals surface area contributed by atoms with E-state index in [1.807, 2.05) is 12.1 Å². The molecule has 4 heteroatoms. The number of aliphatic imine (C=N–C) groups is 1. The number of morpholine rings is 1. The smallest absolute Gasteiger partial charge is 0.196 e. The Morgan fingerprint density at radius 3 is 2.71 bits per heavy atom. The summed E-state index contributed by atoms with van der Waals surface area (Å²) in [5.74, 6) is 0.585. The lowest BCUT2D eigenvalue weighted by molar-refractivity contribution is 0.0675. The van der Waals surface area contributed by atoms with Gasteiger partial charge in [0.2, 0.25) is 0 Å². The minimum Gasteiger partial charge on any atom is -0.378 e. The van der Waals surface area contributed by atoms with Crippen LogP contribution in [0.15, 0.2) is 23.2 Å². The molecule has 0 radical (unpaired) electrons. The Morgan fingerprint density at radius 2 is 2.00 bits per heavy atom. The molecule has 2 N–H and O–H groups in total. The maximum Gasteiger partial charge on any atom is 0.196 e. The van der Waals surface area contributed by atoms with E-state index >= 15 is 0 Å². The summed E-state index contributed by atoms with van der Waals surface area (Å²) in [6, 6.07) is 6.09. The maximum atomic E-state index is 6.02. The first-order valence-electron chi connectivity index (χ1n) is 5.91. The number of ether oxygens (including phenoxy) is 1. The zero-order valence-corrected chi connectivity index (χ0v) is 10.4. The Labute approximate surface area is 102 Å². The molecule has 1 heterocycles. The third-order valence-corrected chi connectivity index (χ3v) is 3.15. The second-order valence-corrected chi connectivity index (χ2v) is 4.29. The highest BCUT2D eigenvalue weighted by Crippen LogP contribution is 2.21. The highest BCUT2D eigenvalue weighted by Gasteiger charge is 2.12. The molecule has 1 saturated heterocycles. The van der Waals surface area contributed by atoms with Crippen LogP contribution in [0.2, 0.25) is 0 Å². The van der Waals surface area contributed by atoms with Crippen LogP contribution in [0, 0.1) is 13.8 Å². The molecule has 0 spiro atoms. The lowest BCUT2D eigenvalue weighted by atomic mass is 10.1. The largest absolute Gasteiger partial charge is 0.378 e. The first kappa shape index (κ1) is 11.9. The van der Waals surface area contributed by atoms with Crippen LogP contribution in [0.4, 0.5) is 5.69 Å². The average molecular weight is 233 g/mol. The van der Waals surface area contributed by atoms with E-state index in [-0.39, 0.29) is 0 Å². The summed E-state index contributed by atoms with van der Waals surface area (Å²) in [7, 11) is 0. The number of benzene rings is 1. The van der Waals surface area contributed by atoms with E-state index in [0.29, 0.717) is 5.96 Å². The number of hydrogen-bond donors (Lipinski definition) is 1. The zero-order chi connectivity index (χ0) is 12.3. The molecule has 0 amide bonds. The molecule has 0 aromatic heterocycles. The van der Waals surface area contributed by atoms with Gasteiger partial charge in [0.1, 0.15) is 0 Å². The van der Waals surface area contributed by atoms with Crippen LogP contribution in [0.3, 0.4) is 0 Å². The molecule has 1 fully saturated rings. The van der Waals surface area contributed by atoms with Crippen LogP contribution in [0.5, 0.6) is 0 Å². The third-order valence-electron chi connectivity index (χ3n) is 3.15. The maximum absolute atomic E-state index is 6.02. The van der Waals surface area contributed by atoms with Crippen LogP contribution < -0.4 is 5.73 Å². The van der Waals surface area contributed by atoms with Gasteiger partial charge in [-0.1, -0.05) is 12.1 Å². The summed E-state index contributed by atoms with van der Waals surface area (Å²) in [5.41, 5.74) is 9.39. The van der Waals surface area contributed by atoms with Crippen molar-refractivity contribution in [2.75, 3.05) is 26.3 Å². The first-order valence-corrected chi connectivity index (χ1v) is 5.91. The van der Waals surface area contributed by atoms with E-state index in [4.69, 9.17) is 10.5 Å². The summed E-state index contributed by atoms with van der Waals surface area (Å²) in [4.78, 5) is 6.57. The zero-order valence-electron chi connectivity index (χ0n) is 10.4. The second-order valence-electron chi connectivity index (χ2n) is 4.29. The fraction of sp³-hybridized carbons (Fsp3) is 0.462. The van der Waals surface area contributed by atoms with Crippen molar-refractivity contribution in [1.29, 1.82) is 0 Å². The van der Waals surface area contributed by atoms with Gasteiger partial charge in [-0.15, -0.1) is 0 Å². The molecule has 1 aromatic carbocycles. The molecule has 2 rings (SSSR count). The van der Waals surface area contributed by atoms with E-state index in [1.165, 1.54) is 11.1 Å². The van der Waals surface area contributed by atoms with Crippen molar-refractivity contribution >= 4 is 11.6 Å². The highest BCUT2D eigenvalue weighted by molar-refractivity contribution is 5.81. The quantitative estimate of drug-likeness (QED) is 0.592. The van der Waals surface area contributed by atoms with Gasteiger partial charge in [-0.3, -0.25) is 0 Å². The predicted octanol–water partition coefficient (Wildman–Crippen LogP) is 1.58. The van der Waals surface area contributed by atoms with E-state index < -0.39 is 0 Å². The molecule has 0 atom stereocenters. The van der Waals surface area contributed by atoms with Crippen LogP contribution in [0.25, 0.3) is 0 Å². The minimum absolute atomic E-state index is 0.585. The van der Waals surface area contributed by atoms with E-state index in [2.05, 4.69) is 29.8 Å². The topological polar surface area (TPSA) is 50.8 Å². The number of nitrogens with zero attached hydrogens (tertiary/aromatic N) is 2. The highest BCUT2D eigenvalue weighted by atomic mass is 16.5. The summed E-state index contributed by atoms with van der Waals surface area (Å²) in [6.07, 6.45) is 0. The molecule has 1 aliphatic heterocycles. The normalized spacial score (nSPS) is 17.3.